The monoisotopic (exact) mass is 405 g/mol. The van der Waals surface area contributed by atoms with E-state index in [1.54, 1.807) is 0 Å². The number of rotatable bonds is 10. The number of nitrogens with one attached hydrogen (secondary N) is 2. The molecule has 1 aliphatic rings. The van der Waals surface area contributed by atoms with Gasteiger partial charge in [-0.25, -0.2) is 0 Å². The first-order chi connectivity index (χ1) is 12.5. The second-order valence-electron chi connectivity index (χ2n) is 8.11. The summed E-state index contributed by atoms with van der Waals surface area (Å²) in [6, 6.07) is -1.51. The van der Waals surface area contributed by atoms with Crippen LogP contribution < -0.4 is 16.4 Å². The number of nitrogens with two attached hydrogens (primary N) is 1. The zero-order valence-electron chi connectivity index (χ0n) is 16.7. The van der Waals surface area contributed by atoms with E-state index in [0.29, 0.717) is 0 Å². The first-order valence-electron chi connectivity index (χ1n) is 9.84. The molecule has 0 spiro atoms. The van der Waals surface area contributed by atoms with Crippen molar-refractivity contribution in [3.63, 3.8) is 0 Å². The lowest BCUT2D eigenvalue weighted by Gasteiger charge is -2.25. The lowest BCUT2D eigenvalue weighted by Crippen LogP contribution is -2.52. The molecule has 9 heteroatoms. The Bertz CT molecular complexity index is 537. The summed E-state index contributed by atoms with van der Waals surface area (Å²) in [7, 11) is -3.44. The first kappa shape index (κ1) is 24.1. The third kappa shape index (κ3) is 9.19. The van der Waals surface area contributed by atoms with E-state index >= 15 is 0 Å². The molecule has 1 aliphatic carbocycles. The third-order valence-electron chi connectivity index (χ3n) is 5.05. The van der Waals surface area contributed by atoms with Crippen LogP contribution in [0, 0.1) is 11.8 Å². The number of hydrogen-bond donors (Lipinski definition) is 5. The molecule has 27 heavy (non-hydrogen) atoms. The summed E-state index contributed by atoms with van der Waals surface area (Å²) < 4.78 is 12.4. The molecule has 8 nitrogen and oxygen atoms in total. The number of carbonyl (C=O) groups is 2. The van der Waals surface area contributed by atoms with E-state index in [0.717, 1.165) is 25.7 Å². The van der Waals surface area contributed by atoms with Crippen molar-refractivity contribution < 1.29 is 24.2 Å². The van der Waals surface area contributed by atoms with Gasteiger partial charge in [0, 0.05) is 12.7 Å². The summed E-state index contributed by atoms with van der Waals surface area (Å²) in [6.45, 7) is 5.01. The molecule has 0 aromatic heterocycles. The maximum absolute atomic E-state index is 12.4. The van der Waals surface area contributed by atoms with E-state index in [1.165, 1.54) is 13.3 Å². The molecule has 0 bridgehead atoms. The molecule has 0 aliphatic heterocycles. The van der Waals surface area contributed by atoms with Gasteiger partial charge in [0.2, 0.25) is 19.2 Å². The third-order valence-corrected chi connectivity index (χ3v) is 7.13. The Morgan fingerprint density at radius 2 is 1.74 bits per heavy atom. The van der Waals surface area contributed by atoms with Crippen LogP contribution in [0.15, 0.2) is 0 Å². The second kappa shape index (κ2) is 11.1. The van der Waals surface area contributed by atoms with Crippen LogP contribution in [0.2, 0.25) is 0 Å². The van der Waals surface area contributed by atoms with Crippen LogP contribution in [0.25, 0.3) is 0 Å². The molecule has 0 heterocycles. The zero-order chi connectivity index (χ0) is 20.6. The molecular formula is C18H36N3O5P. The number of aliphatic hydroxyl groups is 1. The van der Waals surface area contributed by atoms with Gasteiger partial charge in [-0.1, -0.05) is 33.1 Å². The van der Waals surface area contributed by atoms with Gasteiger partial charge in [-0.3, -0.25) is 14.2 Å². The fourth-order valence-corrected chi connectivity index (χ4v) is 5.40. The summed E-state index contributed by atoms with van der Waals surface area (Å²) in [5, 5.41) is 15.1. The fourth-order valence-electron chi connectivity index (χ4n) is 3.29. The van der Waals surface area contributed by atoms with Crippen molar-refractivity contribution in [2.24, 2.45) is 17.6 Å². The Balaban J connectivity index is 2.36. The zero-order valence-corrected chi connectivity index (χ0v) is 17.6. The largest absolute Gasteiger partial charge is 0.391 e. The van der Waals surface area contributed by atoms with Gasteiger partial charge >= 0.3 is 0 Å². The molecule has 1 saturated carbocycles. The van der Waals surface area contributed by atoms with Gasteiger partial charge in [0.05, 0.1) is 18.3 Å². The molecule has 0 aromatic rings. The van der Waals surface area contributed by atoms with Crippen molar-refractivity contribution >= 4 is 19.2 Å². The van der Waals surface area contributed by atoms with E-state index in [4.69, 9.17) is 5.73 Å². The van der Waals surface area contributed by atoms with Crippen LogP contribution in [-0.2, 0) is 14.2 Å². The Hall–Kier alpha value is -0.950. The Labute approximate surface area is 162 Å². The smallest absolute Gasteiger partial charge is 0.242 e. The van der Waals surface area contributed by atoms with Gasteiger partial charge in [0.25, 0.3) is 0 Å². The number of aliphatic hydroxyl groups excluding tert-OH is 1. The highest BCUT2D eigenvalue weighted by Gasteiger charge is 2.29. The van der Waals surface area contributed by atoms with Crippen molar-refractivity contribution in [2.75, 3.05) is 18.9 Å². The molecule has 158 valence electrons. The lowest BCUT2D eigenvalue weighted by atomic mass is 9.91. The normalized spacial score (nSPS) is 21.1. The van der Waals surface area contributed by atoms with Crippen LogP contribution in [0.4, 0.5) is 0 Å². The summed E-state index contributed by atoms with van der Waals surface area (Å²) in [4.78, 5) is 34.1. The molecular weight excluding hydrogens is 369 g/mol. The summed E-state index contributed by atoms with van der Waals surface area (Å²) >= 11 is 0. The molecule has 6 N–H and O–H groups in total. The Morgan fingerprint density at radius 1 is 1.15 bits per heavy atom. The van der Waals surface area contributed by atoms with E-state index in [1.807, 2.05) is 13.8 Å². The van der Waals surface area contributed by atoms with Crippen LogP contribution in [-0.4, -0.2) is 58.9 Å². The molecule has 2 unspecified atom stereocenters. The number of amides is 2. The summed E-state index contributed by atoms with van der Waals surface area (Å²) in [6.07, 6.45) is 4.19. The SMILES string of the molecule is CC(C)C(N)C(=O)N[C@H](C)C(=O)NC[C@@H](O)CP(=O)(O)CC1CCCCC1. The van der Waals surface area contributed by atoms with Gasteiger partial charge in [-0.15, -0.1) is 0 Å². The van der Waals surface area contributed by atoms with Crippen molar-refractivity contribution in [1.29, 1.82) is 0 Å². The molecule has 2 amide bonds. The van der Waals surface area contributed by atoms with Crippen molar-refractivity contribution in [1.82, 2.24) is 10.6 Å². The van der Waals surface area contributed by atoms with Gasteiger partial charge < -0.3 is 26.4 Å². The number of carbonyl (C=O) groups excluding carboxylic acids is 2. The minimum Gasteiger partial charge on any atom is -0.391 e. The van der Waals surface area contributed by atoms with Gasteiger partial charge in [-0.2, -0.15) is 0 Å². The molecule has 1 fully saturated rings. The quantitative estimate of drug-likeness (QED) is 0.340. The molecule has 0 saturated heterocycles. The molecule has 1 rings (SSSR count). The van der Waals surface area contributed by atoms with Crippen molar-refractivity contribution in [3.8, 4) is 0 Å². The van der Waals surface area contributed by atoms with E-state index in [-0.39, 0.29) is 30.7 Å². The van der Waals surface area contributed by atoms with Crippen LogP contribution in [0.5, 0.6) is 0 Å². The van der Waals surface area contributed by atoms with E-state index in [2.05, 4.69) is 10.6 Å². The van der Waals surface area contributed by atoms with Crippen molar-refractivity contribution in [3.05, 3.63) is 0 Å². The highest BCUT2D eigenvalue weighted by atomic mass is 31.2. The minimum atomic E-state index is -3.44. The second-order valence-corrected chi connectivity index (χ2v) is 10.5. The fraction of sp³-hybridized carbons (Fsp3) is 0.889. The maximum Gasteiger partial charge on any atom is 0.242 e. The number of hydrogen-bond acceptors (Lipinski definition) is 5. The summed E-state index contributed by atoms with van der Waals surface area (Å²) in [5.74, 6) is -0.694. The predicted molar refractivity (Wildman–Crippen MR) is 106 cm³/mol. The Morgan fingerprint density at radius 3 is 2.30 bits per heavy atom. The predicted octanol–water partition coefficient (Wildman–Crippen LogP) is 0.802. The topological polar surface area (TPSA) is 142 Å². The van der Waals surface area contributed by atoms with Crippen molar-refractivity contribution in [2.45, 2.75) is 71.1 Å². The van der Waals surface area contributed by atoms with Gasteiger partial charge in [0.15, 0.2) is 0 Å². The van der Waals surface area contributed by atoms with Gasteiger partial charge in [0.1, 0.15) is 6.04 Å². The highest BCUT2D eigenvalue weighted by molar-refractivity contribution is 7.58. The average Bonchev–Trinajstić information content (AvgIpc) is 2.58. The molecule has 0 radical (unpaired) electrons. The highest BCUT2D eigenvalue weighted by Crippen LogP contribution is 2.45. The molecule has 4 atom stereocenters. The lowest BCUT2D eigenvalue weighted by molar-refractivity contribution is -0.129. The summed E-state index contributed by atoms with van der Waals surface area (Å²) in [5.41, 5.74) is 5.73. The van der Waals surface area contributed by atoms with Gasteiger partial charge in [-0.05, 0) is 31.6 Å². The maximum atomic E-state index is 12.4. The average molecular weight is 405 g/mol. The van der Waals surface area contributed by atoms with E-state index in [9.17, 15) is 24.2 Å². The van der Waals surface area contributed by atoms with Crippen LogP contribution in [0.1, 0.15) is 52.9 Å². The standard InChI is InChI=1S/C18H36N3O5P/c1-12(2)16(19)18(24)21-13(3)17(23)20-9-15(22)11-27(25,26)10-14-7-5-4-6-8-14/h12-16,22H,4-11,19H2,1-3H3,(H,20,23)(H,21,24)(H,25,26)/t13-,15-,16?/m1/s1. The first-order valence-corrected chi connectivity index (χ1v) is 11.9. The Kier molecular flexibility index (Phi) is 9.95. The van der Waals surface area contributed by atoms with E-state index < -0.39 is 37.4 Å². The minimum absolute atomic E-state index is 0.0510. The molecule has 0 aromatic carbocycles. The van der Waals surface area contributed by atoms with Crippen LogP contribution >= 0.6 is 7.37 Å². The van der Waals surface area contributed by atoms with Crippen LogP contribution in [0.3, 0.4) is 0 Å².